The Kier molecular flexibility index (Phi) is 5.79. The van der Waals surface area contributed by atoms with E-state index in [0.29, 0.717) is 22.2 Å². The van der Waals surface area contributed by atoms with E-state index in [2.05, 4.69) is 33.1 Å². The molecule has 0 aliphatic carbocycles. The highest BCUT2D eigenvalue weighted by molar-refractivity contribution is 9.10. The van der Waals surface area contributed by atoms with E-state index < -0.39 is 0 Å². The summed E-state index contributed by atoms with van der Waals surface area (Å²) in [5.74, 6) is 1.39. The van der Waals surface area contributed by atoms with Gasteiger partial charge in [-0.05, 0) is 68.1 Å². The summed E-state index contributed by atoms with van der Waals surface area (Å²) in [6.07, 6.45) is 2.38. The van der Waals surface area contributed by atoms with Crippen molar-refractivity contribution in [2.24, 2.45) is 5.92 Å². The van der Waals surface area contributed by atoms with Crippen LogP contribution < -0.4 is 10.2 Å². The maximum atomic E-state index is 13.3. The minimum Gasteiger partial charge on any atom is -0.356 e. The van der Waals surface area contributed by atoms with Crippen LogP contribution in [0.3, 0.4) is 0 Å². The van der Waals surface area contributed by atoms with Gasteiger partial charge >= 0.3 is 0 Å². The monoisotopic (exact) mass is 471 g/mol. The van der Waals surface area contributed by atoms with E-state index in [1.165, 1.54) is 6.42 Å². The van der Waals surface area contributed by atoms with Crippen molar-refractivity contribution >= 4 is 55.8 Å². The SMILES string of the molecule is Cc1c(N2CCCC(C)C2)nc2ccc(Br)cc2c1C(=O)Nc1ccc(Cl)cc1. The van der Waals surface area contributed by atoms with Crippen LogP contribution in [0, 0.1) is 12.8 Å². The second-order valence-corrected chi connectivity index (χ2v) is 9.10. The van der Waals surface area contributed by atoms with Crippen molar-refractivity contribution in [1.82, 2.24) is 4.98 Å². The van der Waals surface area contributed by atoms with Gasteiger partial charge in [-0.1, -0.05) is 34.5 Å². The first-order valence-electron chi connectivity index (χ1n) is 9.84. The lowest BCUT2D eigenvalue weighted by Crippen LogP contribution is -2.35. The van der Waals surface area contributed by atoms with Gasteiger partial charge < -0.3 is 10.2 Å². The number of benzene rings is 2. The number of carbonyl (C=O) groups is 1. The van der Waals surface area contributed by atoms with Crippen molar-refractivity contribution in [1.29, 1.82) is 0 Å². The molecule has 1 aromatic heterocycles. The number of nitrogens with one attached hydrogen (secondary N) is 1. The smallest absolute Gasteiger partial charge is 0.256 e. The second kappa shape index (κ2) is 8.33. The van der Waals surface area contributed by atoms with Crippen LogP contribution in [0.15, 0.2) is 46.9 Å². The molecule has 2 heterocycles. The van der Waals surface area contributed by atoms with Crippen molar-refractivity contribution in [3.05, 3.63) is 63.1 Å². The van der Waals surface area contributed by atoms with Crippen molar-refractivity contribution in [2.45, 2.75) is 26.7 Å². The molecule has 1 unspecified atom stereocenters. The third-order valence-electron chi connectivity index (χ3n) is 5.45. The fourth-order valence-corrected chi connectivity index (χ4v) is 4.51. The fraction of sp³-hybridized carbons (Fsp3) is 0.304. The van der Waals surface area contributed by atoms with Crippen molar-refractivity contribution in [2.75, 3.05) is 23.3 Å². The number of aromatic nitrogens is 1. The number of hydrogen-bond donors (Lipinski definition) is 1. The predicted molar refractivity (Wildman–Crippen MR) is 124 cm³/mol. The molecule has 0 radical (unpaired) electrons. The summed E-state index contributed by atoms with van der Waals surface area (Å²) in [6, 6.07) is 13.1. The maximum Gasteiger partial charge on any atom is 0.256 e. The van der Waals surface area contributed by atoms with Gasteiger partial charge in [-0.2, -0.15) is 0 Å². The Bertz CT molecular complexity index is 1070. The van der Waals surface area contributed by atoms with E-state index in [1.807, 2.05) is 37.3 Å². The summed E-state index contributed by atoms with van der Waals surface area (Å²) in [7, 11) is 0. The molecule has 0 saturated carbocycles. The van der Waals surface area contributed by atoms with E-state index in [1.54, 1.807) is 12.1 Å². The van der Waals surface area contributed by atoms with E-state index in [4.69, 9.17) is 16.6 Å². The summed E-state index contributed by atoms with van der Waals surface area (Å²) in [5.41, 5.74) is 3.12. The van der Waals surface area contributed by atoms with Crippen molar-refractivity contribution in [3.8, 4) is 0 Å². The lowest BCUT2D eigenvalue weighted by Gasteiger charge is -2.33. The van der Waals surface area contributed by atoms with Crippen LogP contribution in [0.5, 0.6) is 0 Å². The molecule has 1 aliphatic rings. The van der Waals surface area contributed by atoms with Gasteiger partial charge in [0.1, 0.15) is 5.82 Å². The standard InChI is InChI=1S/C23H23BrClN3O/c1-14-4-3-11-28(13-14)22-15(2)21(19-12-16(24)5-10-20(19)27-22)23(29)26-18-8-6-17(25)7-9-18/h5-10,12,14H,3-4,11,13H2,1-2H3,(H,26,29). The van der Waals surface area contributed by atoms with Crippen LogP contribution in [0.1, 0.15) is 35.7 Å². The summed E-state index contributed by atoms with van der Waals surface area (Å²) in [4.78, 5) is 20.6. The maximum absolute atomic E-state index is 13.3. The summed E-state index contributed by atoms with van der Waals surface area (Å²) in [5, 5.41) is 4.50. The predicted octanol–water partition coefficient (Wildman–Crippen LogP) is 6.45. The molecular formula is C23H23BrClN3O. The molecule has 1 fully saturated rings. The molecule has 1 aliphatic heterocycles. The molecule has 0 bridgehead atoms. The van der Waals surface area contributed by atoms with Gasteiger partial charge in [-0.15, -0.1) is 0 Å². The summed E-state index contributed by atoms with van der Waals surface area (Å²) in [6.45, 7) is 6.21. The lowest BCUT2D eigenvalue weighted by molar-refractivity contribution is 0.102. The van der Waals surface area contributed by atoms with Crippen molar-refractivity contribution < 1.29 is 4.79 Å². The highest BCUT2D eigenvalue weighted by Crippen LogP contribution is 2.33. The van der Waals surface area contributed by atoms with Gasteiger partial charge in [-0.25, -0.2) is 4.98 Å². The number of carbonyl (C=O) groups excluding carboxylic acids is 1. The first-order chi connectivity index (χ1) is 13.9. The number of fused-ring (bicyclic) bond motifs is 1. The Morgan fingerprint density at radius 1 is 1.24 bits per heavy atom. The number of piperidine rings is 1. The van der Waals surface area contributed by atoms with E-state index in [9.17, 15) is 4.79 Å². The molecule has 6 heteroatoms. The quantitative estimate of drug-likeness (QED) is 0.476. The van der Waals surface area contributed by atoms with Crippen LogP contribution >= 0.6 is 27.5 Å². The molecule has 150 valence electrons. The van der Waals surface area contributed by atoms with E-state index in [0.717, 1.165) is 46.3 Å². The third-order valence-corrected chi connectivity index (χ3v) is 6.20. The zero-order valence-corrected chi connectivity index (χ0v) is 18.8. The highest BCUT2D eigenvalue weighted by atomic mass is 79.9. The largest absolute Gasteiger partial charge is 0.356 e. The van der Waals surface area contributed by atoms with E-state index in [-0.39, 0.29) is 5.91 Å². The molecule has 1 amide bonds. The van der Waals surface area contributed by atoms with Gasteiger partial charge in [0.05, 0.1) is 11.1 Å². The van der Waals surface area contributed by atoms with Gasteiger partial charge in [0, 0.05) is 39.2 Å². The number of halogens is 2. The lowest BCUT2D eigenvalue weighted by atomic mass is 9.98. The molecule has 3 aromatic rings. The van der Waals surface area contributed by atoms with Crippen LogP contribution in [-0.4, -0.2) is 24.0 Å². The van der Waals surface area contributed by atoms with Crippen LogP contribution in [-0.2, 0) is 0 Å². The van der Waals surface area contributed by atoms with Crippen LogP contribution in [0.2, 0.25) is 5.02 Å². The number of nitrogens with zero attached hydrogens (tertiary/aromatic N) is 2. The molecule has 1 saturated heterocycles. The third kappa shape index (κ3) is 4.26. The molecule has 2 aromatic carbocycles. The van der Waals surface area contributed by atoms with Crippen LogP contribution in [0.4, 0.5) is 11.5 Å². The normalized spacial score (nSPS) is 16.8. The number of hydrogen-bond acceptors (Lipinski definition) is 3. The Balaban J connectivity index is 1.81. The Morgan fingerprint density at radius 2 is 2.00 bits per heavy atom. The highest BCUT2D eigenvalue weighted by Gasteiger charge is 2.24. The fourth-order valence-electron chi connectivity index (χ4n) is 4.03. The number of rotatable bonds is 3. The zero-order chi connectivity index (χ0) is 20.5. The van der Waals surface area contributed by atoms with E-state index >= 15 is 0 Å². The molecule has 0 spiro atoms. The first kappa shape index (κ1) is 20.2. The molecule has 1 atom stereocenters. The molecule has 4 nitrogen and oxygen atoms in total. The number of amides is 1. The van der Waals surface area contributed by atoms with Crippen LogP contribution in [0.25, 0.3) is 10.9 Å². The minimum absolute atomic E-state index is 0.137. The molecule has 4 rings (SSSR count). The topological polar surface area (TPSA) is 45.2 Å². The minimum atomic E-state index is -0.137. The molecule has 29 heavy (non-hydrogen) atoms. The van der Waals surface area contributed by atoms with Crippen molar-refractivity contribution in [3.63, 3.8) is 0 Å². The Labute approximate surface area is 184 Å². The Morgan fingerprint density at radius 3 is 2.72 bits per heavy atom. The van der Waals surface area contributed by atoms with Gasteiger partial charge in [0.2, 0.25) is 0 Å². The zero-order valence-electron chi connectivity index (χ0n) is 16.5. The average molecular weight is 473 g/mol. The molecular weight excluding hydrogens is 450 g/mol. The average Bonchev–Trinajstić information content (AvgIpc) is 2.69. The summed E-state index contributed by atoms with van der Waals surface area (Å²) < 4.78 is 0.922. The van der Waals surface area contributed by atoms with Gasteiger partial charge in [0.15, 0.2) is 0 Å². The second-order valence-electron chi connectivity index (χ2n) is 7.75. The van der Waals surface area contributed by atoms with Gasteiger partial charge in [0.25, 0.3) is 5.91 Å². The molecule has 1 N–H and O–H groups in total. The number of anilines is 2. The van der Waals surface area contributed by atoms with Gasteiger partial charge in [-0.3, -0.25) is 4.79 Å². The number of pyridine rings is 1. The first-order valence-corrected chi connectivity index (χ1v) is 11.0. The Hall–Kier alpha value is -2.11. The summed E-state index contributed by atoms with van der Waals surface area (Å²) >= 11 is 9.51.